The highest BCUT2D eigenvalue weighted by atomic mass is 16.6. The van der Waals surface area contributed by atoms with Crippen molar-refractivity contribution in [1.29, 1.82) is 0 Å². The number of aliphatic hydroxyl groups excluding tert-OH is 1. The van der Waals surface area contributed by atoms with E-state index in [1.807, 2.05) is 18.2 Å². The van der Waals surface area contributed by atoms with Gasteiger partial charge in [-0.15, -0.1) is 0 Å². The van der Waals surface area contributed by atoms with Crippen molar-refractivity contribution in [1.82, 2.24) is 10.2 Å². The second kappa shape index (κ2) is 7.34. The predicted molar refractivity (Wildman–Crippen MR) is 71.0 cm³/mol. The van der Waals surface area contributed by atoms with Crippen molar-refractivity contribution in [2.75, 3.05) is 7.05 Å². The second-order valence-corrected chi connectivity index (χ2v) is 4.28. The van der Waals surface area contributed by atoms with Gasteiger partial charge in [0.15, 0.2) is 0 Å². The summed E-state index contributed by atoms with van der Waals surface area (Å²) in [5.74, 6) is 0. The lowest BCUT2D eigenvalue weighted by Crippen LogP contribution is -2.50. The van der Waals surface area contributed by atoms with Crippen LogP contribution in [-0.4, -0.2) is 46.6 Å². The Hall–Kier alpha value is -2.28. The quantitative estimate of drug-likeness (QED) is 0.705. The average molecular weight is 282 g/mol. The fourth-order valence-electron chi connectivity index (χ4n) is 1.39. The number of nitrogens with one attached hydrogen (secondary N) is 1. The zero-order chi connectivity index (χ0) is 15.1. The van der Waals surface area contributed by atoms with Crippen LogP contribution in [0.2, 0.25) is 0 Å². The van der Waals surface area contributed by atoms with Gasteiger partial charge in [-0.2, -0.15) is 0 Å². The summed E-state index contributed by atoms with van der Waals surface area (Å²) < 4.78 is 4.91. The summed E-state index contributed by atoms with van der Waals surface area (Å²) in [6, 6.07) is 8.27. The molecule has 1 aromatic carbocycles. The molecular weight excluding hydrogens is 264 g/mol. The van der Waals surface area contributed by atoms with E-state index in [0.717, 1.165) is 10.5 Å². The summed E-state index contributed by atoms with van der Waals surface area (Å²) in [6.45, 7) is 1.54. The summed E-state index contributed by atoms with van der Waals surface area (Å²) >= 11 is 0. The number of hydrogen-bond donors (Lipinski definition) is 3. The predicted octanol–water partition coefficient (Wildman–Crippen LogP) is 1.23. The monoisotopic (exact) mass is 282 g/mol. The van der Waals surface area contributed by atoms with E-state index in [4.69, 9.17) is 9.84 Å². The van der Waals surface area contributed by atoms with Crippen molar-refractivity contribution in [2.24, 2.45) is 0 Å². The molecule has 0 aliphatic rings. The number of likely N-dealkylation sites (N-methyl/N-ethyl adjacent to an activating group) is 1. The van der Waals surface area contributed by atoms with E-state index in [1.165, 1.54) is 14.0 Å². The first kappa shape index (κ1) is 15.8. The third-order valence-corrected chi connectivity index (χ3v) is 2.85. The topological polar surface area (TPSA) is 99.1 Å². The third kappa shape index (κ3) is 4.77. The number of benzene rings is 1. The molecule has 1 aromatic rings. The first-order chi connectivity index (χ1) is 9.41. The van der Waals surface area contributed by atoms with Crippen molar-refractivity contribution in [3.63, 3.8) is 0 Å². The average Bonchev–Trinajstić information content (AvgIpc) is 2.44. The lowest BCUT2D eigenvalue weighted by Gasteiger charge is -2.26. The van der Waals surface area contributed by atoms with E-state index in [2.05, 4.69) is 5.32 Å². The number of rotatable bonds is 5. The number of aliphatic hydroxyl groups is 1. The molecule has 0 spiro atoms. The van der Waals surface area contributed by atoms with Gasteiger partial charge < -0.3 is 19.8 Å². The lowest BCUT2D eigenvalue weighted by atomic mass is 10.2. The second-order valence-electron chi connectivity index (χ2n) is 4.28. The summed E-state index contributed by atoms with van der Waals surface area (Å²) in [5.41, 5.74) is 0.813. The Bertz CT molecular complexity index is 451. The van der Waals surface area contributed by atoms with Crippen LogP contribution in [-0.2, 0) is 11.3 Å². The third-order valence-electron chi connectivity index (χ3n) is 2.85. The Labute approximate surface area is 116 Å². The number of hydrogen-bond acceptors (Lipinski definition) is 4. The molecule has 0 saturated heterocycles. The molecule has 1 rings (SSSR count). The van der Waals surface area contributed by atoms with E-state index < -0.39 is 24.5 Å². The van der Waals surface area contributed by atoms with Crippen LogP contribution in [0.1, 0.15) is 12.5 Å². The van der Waals surface area contributed by atoms with Crippen LogP contribution in [0.15, 0.2) is 30.3 Å². The van der Waals surface area contributed by atoms with Gasteiger partial charge in [0.1, 0.15) is 12.8 Å². The smallest absolute Gasteiger partial charge is 0.409 e. The maximum Gasteiger partial charge on any atom is 0.409 e. The lowest BCUT2D eigenvalue weighted by molar-refractivity contribution is 0.0398. The van der Waals surface area contributed by atoms with Gasteiger partial charge in [0, 0.05) is 7.05 Å². The van der Waals surface area contributed by atoms with E-state index in [0.29, 0.717) is 0 Å². The molecule has 2 amide bonds. The number of amides is 2. The maximum atomic E-state index is 11.5. The molecule has 0 aliphatic heterocycles. The SMILES string of the molecule is CC(C(O)NC(=O)OCc1ccccc1)N(C)C(=O)O. The number of nitrogens with zero attached hydrogens (tertiary/aromatic N) is 1. The van der Waals surface area contributed by atoms with Gasteiger partial charge in [0.2, 0.25) is 0 Å². The van der Waals surface area contributed by atoms with Crippen molar-refractivity contribution in [3.8, 4) is 0 Å². The van der Waals surface area contributed by atoms with Crippen LogP contribution in [0.3, 0.4) is 0 Å². The minimum atomic E-state index is -1.35. The van der Waals surface area contributed by atoms with Crippen LogP contribution in [0.4, 0.5) is 9.59 Å². The van der Waals surface area contributed by atoms with Crippen molar-refractivity contribution >= 4 is 12.2 Å². The van der Waals surface area contributed by atoms with Gasteiger partial charge in [-0.05, 0) is 12.5 Å². The molecule has 0 heterocycles. The van der Waals surface area contributed by atoms with Crippen LogP contribution < -0.4 is 5.32 Å². The molecule has 0 fully saturated rings. The fourth-order valence-corrected chi connectivity index (χ4v) is 1.39. The number of carboxylic acid groups (broad SMARTS) is 1. The molecule has 3 N–H and O–H groups in total. The number of carbonyl (C=O) groups is 2. The highest BCUT2D eigenvalue weighted by Gasteiger charge is 2.24. The van der Waals surface area contributed by atoms with E-state index in [-0.39, 0.29) is 6.61 Å². The Kier molecular flexibility index (Phi) is 5.79. The van der Waals surface area contributed by atoms with Gasteiger partial charge in [-0.25, -0.2) is 9.59 Å². The zero-order valence-electron chi connectivity index (χ0n) is 11.3. The molecule has 7 heteroatoms. The molecule has 20 heavy (non-hydrogen) atoms. The summed E-state index contributed by atoms with van der Waals surface area (Å²) in [7, 11) is 1.30. The summed E-state index contributed by atoms with van der Waals surface area (Å²) in [4.78, 5) is 23.1. The number of carbonyl (C=O) groups excluding carboxylic acids is 1. The zero-order valence-corrected chi connectivity index (χ0v) is 11.3. The number of ether oxygens (including phenoxy) is 1. The molecule has 2 atom stereocenters. The molecule has 0 saturated carbocycles. The summed E-state index contributed by atoms with van der Waals surface area (Å²) in [6.07, 6.45) is -3.36. The molecule has 110 valence electrons. The Morgan fingerprint density at radius 1 is 1.35 bits per heavy atom. The van der Waals surface area contributed by atoms with E-state index >= 15 is 0 Å². The molecule has 0 bridgehead atoms. The Morgan fingerprint density at radius 2 is 1.95 bits per heavy atom. The van der Waals surface area contributed by atoms with Gasteiger partial charge in [0.25, 0.3) is 0 Å². The number of alkyl carbamates (subject to hydrolysis) is 1. The van der Waals surface area contributed by atoms with Gasteiger partial charge in [-0.3, -0.25) is 5.32 Å². The molecule has 0 radical (unpaired) electrons. The van der Waals surface area contributed by atoms with Gasteiger partial charge in [-0.1, -0.05) is 30.3 Å². The van der Waals surface area contributed by atoms with E-state index in [1.54, 1.807) is 12.1 Å². The first-order valence-corrected chi connectivity index (χ1v) is 6.03. The molecule has 0 aliphatic carbocycles. The van der Waals surface area contributed by atoms with Gasteiger partial charge in [0.05, 0.1) is 6.04 Å². The van der Waals surface area contributed by atoms with Crippen molar-refractivity contribution in [3.05, 3.63) is 35.9 Å². The Morgan fingerprint density at radius 3 is 2.50 bits per heavy atom. The highest BCUT2D eigenvalue weighted by molar-refractivity contribution is 5.68. The molecule has 7 nitrogen and oxygen atoms in total. The minimum Gasteiger partial charge on any atom is -0.465 e. The Balaban J connectivity index is 2.40. The summed E-state index contributed by atoms with van der Waals surface area (Å²) in [5, 5.41) is 20.6. The normalized spacial score (nSPS) is 13.2. The molecule has 2 unspecified atom stereocenters. The van der Waals surface area contributed by atoms with Crippen LogP contribution >= 0.6 is 0 Å². The molecule has 0 aromatic heterocycles. The van der Waals surface area contributed by atoms with Crippen molar-refractivity contribution < 1.29 is 24.5 Å². The van der Waals surface area contributed by atoms with Crippen molar-refractivity contribution in [2.45, 2.75) is 25.8 Å². The first-order valence-electron chi connectivity index (χ1n) is 6.03. The van der Waals surface area contributed by atoms with Crippen LogP contribution in [0.25, 0.3) is 0 Å². The molecular formula is C13H18N2O5. The minimum absolute atomic E-state index is 0.0720. The highest BCUT2D eigenvalue weighted by Crippen LogP contribution is 2.03. The fraction of sp³-hybridized carbons (Fsp3) is 0.385. The standard InChI is InChI=1S/C13H18N2O5/c1-9(15(2)13(18)19)11(16)14-12(17)20-8-10-6-4-3-5-7-10/h3-7,9,11,16H,8H2,1-2H3,(H,14,17)(H,18,19). The van der Waals surface area contributed by atoms with Gasteiger partial charge >= 0.3 is 12.2 Å². The largest absolute Gasteiger partial charge is 0.465 e. The van der Waals surface area contributed by atoms with Crippen LogP contribution in [0.5, 0.6) is 0 Å². The van der Waals surface area contributed by atoms with Crippen LogP contribution in [0, 0.1) is 0 Å². The maximum absolute atomic E-state index is 11.5. The van der Waals surface area contributed by atoms with E-state index in [9.17, 15) is 14.7 Å².